The van der Waals surface area contributed by atoms with Crippen LogP contribution in [-0.2, 0) is 46.5 Å². The van der Waals surface area contributed by atoms with Crippen molar-refractivity contribution in [1.29, 1.82) is 0 Å². The van der Waals surface area contributed by atoms with Gasteiger partial charge < -0.3 is 39.5 Å². The monoisotopic (exact) mass is 962 g/mol. The highest BCUT2D eigenvalue weighted by molar-refractivity contribution is 5.95. The van der Waals surface area contributed by atoms with E-state index in [4.69, 9.17) is 14.5 Å². The van der Waals surface area contributed by atoms with Crippen molar-refractivity contribution in [2.24, 2.45) is 17.3 Å². The fourth-order valence-corrected chi connectivity index (χ4v) is 10.1. The molecule has 2 aromatic rings. The summed E-state index contributed by atoms with van der Waals surface area (Å²) in [6, 6.07) is 6.09. The second-order valence-electron chi connectivity index (χ2n) is 20.5. The number of esters is 1. The number of pyridine rings is 1. The van der Waals surface area contributed by atoms with E-state index in [1.807, 2.05) is 58.0 Å². The predicted molar refractivity (Wildman–Crippen MR) is 265 cm³/mol. The molecule has 6 heterocycles. The molecule has 4 amide bonds. The highest BCUT2D eigenvalue weighted by Crippen LogP contribution is 2.45. The number of fused-ring (bicyclic) bond motifs is 5. The highest BCUT2D eigenvalue weighted by Gasteiger charge is 2.43. The summed E-state index contributed by atoms with van der Waals surface area (Å²) in [6.45, 7) is 13.7. The number of hydrogen-bond acceptors (Lipinski definition) is 13. The molecule has 1 aromatic carbocycles. The number of allylic oxidation sites excluding steroid dienone is 3. The van der Waals surface area contributed by atoms with Gasteiger partial charge in [-0.25, -0.2) is 5.43 Å². The Labute approximate surface area is 412 Å². The van der Waals surface area contributed by atoms with Crippen LogP contribution in [0.5, 0.6) is 5.75 Å². The lowest BCUT2D eigenvalue weighted by Gasteiger charge is -2.37. The van der Waals surface area contributed by atoms with Gasteiger partial charge in [-0.15, -0.1) is 0 Å². The number of carbonyl (C=O) groups is 5. The number of nitrogens with zero attached hydrogens (tertiary/aromatic N) is 7. The molecule has 2 saturated heterocycles. The van der Waals surface area contributed by atoms with Gasteiger partial charge in [0.15, 0.2) is 0 Å². The zero-order valence-corrected chi connectivity index (χ0v) is 42.5. The molecule has 376 valence electrons. The predicted octanol–water partition coefficient (Wildman–Crippen LogP) is 3.96. The van der Waals surface area contributed by atoms with Crippen molar-refractivity contribution in [3.8, 4) is 17.6 Å². The molecule has 3 N–H and O–H groups in total. The standard InChI is InChI=1S/C53H71N9O8/c1-11-60-45-18-17-36-30-61(45)44(48(60)40-14-12-21-54-43(40)31-69-10)28-53(5,6)32-70-52(68)41-15-13-22-62(56-41)51(67)42(26-35-24-38(36)27-39(63)25-35)55-49(65)47(33(2)3)58(9)50(66)37-20-23-59(29-37)46(64)19-16-34(4)57(7)8/h12,14,17-18,21,24-25,27,30,33-34,37,41-42,45,47,56,63H,11,13,15,20,22-23,26,28-29,31-32H2,1-10H3,(H,55,65)/t34-,37-,41-,42-,45?,47?/m0/s1. The third-order valence-electron chi connectivity index (χ3n) is 14.0. The van der Waals surface area contributed by atoms with Gasteiger partial charge in [0, 0.05) is 75.8 Å². The molecule has 1 aromatic heterocycles. The van der Waals surface area contributed by atoms with E-state index in [0.29, 0.717) is 56.5 Å². The molecular formula is C53H71N9O8. The van der Waals surface area contributed by atoms with Crippen LogP contribution < -0.4 is 10.7 Å². The molecule has 2 unspecified atom stereocenters. The van der Waals surface area contributed by atoms with Crippen LogP contribution >= 0.6 is 0 Å². The molecule has 6 atom stereocenters. The Hall–Kier alpha value is -6.22. The average Bonchev–Trinajstić information content (AvgIpc) is 3.94. The van der Waals surface area contributed by atoms with Crippen LogP contribution in [0.2, 0.25) is 0 Å². The van der Waals surface area contributed by atoms with Gasteiger partial charge in [0.25, 0.3) is 11.8 Å². The summed E-state index contributed by atoms with van der Waals surface area (Å²) < 4.78 is 11.7. The smallest absolute Gasteiger partial charge is 0.324 e. The number of cyclic esters (lactones) is 1. The number of phenols is 1. The van der Waals surface area contributed by atoms with Gasteiger partial charge in [-0.1, -0.05) is 45.8 Å². The third-order valence-corrected chi connectivity index (χ3v) is 14.0. The number of nitrogens with one attached hydrogen (secondary N) is 2. The molecule has 17 nitrogen and oxygen atoms in total. The Kier molecular flexibility index (Phi) is 16.1. The van der Waals surface area contributed by atoms with E-state index >= 15 is 0 Å². The highest BCUT2D eigenvalue weighted by atomic mass is 16.5. The second kappa shape index (κ2) is 21.8. The van der Waals surface area contributed by atoms with Crippen molar-refractivity contribution in [2.75, 3.05) is 61.0 Å². The van der Waals surface area contributed by atoms with Gasteiger partial charge in [-0.3, -0.25) is 38.9 Å². The number of hydrazine groups is 1. The number of likely N-dealkylation sites (N-methyl/N-ethyl adjacent to an activating group) is 2. The lowest BCUT2D eigenvalue weighted by molar-refractivity contribution is -0.155. The normalized spacial score (nSPS) is 23.3. The van der Waals surface area contributed by atoms with Crippen LogP contribution in [0.3, 0.4) is 0 Å². The summed E-state index contributed by atoms with van der Waals surface area (Å²) in [4.78, 5) is 84.7. The lowest BCUT2D eigenvalue weighted by atomic mass is 9.87. The number of rotatable bonds is 10. The van der Waals surface area contributed by atoms with Crippen molar-refractivity contribution in [2.45, 2.75) is 111 Å². The van der Waals surface area contributed by atoms with Gasteiger partial charge in [-0.2, -0.15) is 0 Å². The van der Waals surface area contributed by atoms with Gasteiger partial charge in [0.1, 0.15) is 30.0 Å². The Morgan fingerprint density at radius 1 is 1.10 bits per heavy atom. The van der Waals surface area contributed by atoms with E-state index in [2.05, 4.69) is 71.5 Å². The topological polar surface area (TPSA) is 180 Å². The molecule has 0 radical (unpaired) electrons. The Balaban J connectivity index is 1.22. The van der Waals surface area contributed by atoms with E-state index in [9.17, 15) is 29.1 Å². The Bertz CT molecular complexity index is 2490. The molecular weight excluding hydrogens is 891 g/mol. The SMILES string of the molecule is CCN1C(c2cccnc2COC)=C2CC(C)(C)COC(=O)[C@@H]3CCCN(N3)C(=O)[C@@H](NC(=O)C(C(C)C)N(C)C(=O)[C@H]3CCN(C(=O)C#C[C@H](C)N(C)C)C3)Cc3cc(O)cc(c3)C3=CN2C1C=C3. The fraction of sp³-hybridized carbons (Fsp3) is 0.547. The number of aromatic hydroxyl groups is 1. The Morgan fingerprint density at radius 2 is 1.87 bits per heavy atom. The average molecular weight is 962 g/mol. The van der Waals surface area contributed by atoms with Crippen LogP contribution in [0, 0.1) is 29.1 Å². The number of benzene rings is 1. The number of aromatic nitrogens is 1. The molecule has 2 fully saturated rings. The van der Waals surface area contributed by atoms with Crippen molar-refractivity contribution >= 4 is 40.9 Å². The van der Waals surface area contributed by atoms with E-state index in [1.54, 1.807) is 37.4 Å². The number of phenolic OH excluding ortho intramolecular Hbond substituents is 1. The van der Waals surface area contributed by atoms with Crippen molar-refractivity contribution in [3.63, 3.8) is 0 Å². The molecule has 7 rings (SSSR count). The first-order valence-electron chi connectivity index (χ1n) is 24.5. The maximum Gasteiger partial charge on any atom is 0.324 e. The fourth-order valence-electron chi connectivity index (χ4n) is 10.1. The third kappa shape index (κ3) is 11.4. The Morgan fingerprint density at radius 3 is 2.59 bits per heavy atom. The summed E-state index contributed by atoms with van der Waals surface area (Å²) in [6.07, 6.45) is 9.69. The zero-order valence-electron chi connectivity index (χ0n) is 42.5. The first-order chi connectivity index (χ1) is 33.3. The largest absolute Gasteiger partial charge is 0.508 e. The first kappa shape index (κ1) is 51.6. The molecule has 0 aliphatic carbocycles. The summed E-state index contributed by atoms with van der Waals surface area (Å²) in [5.74, 6) is 2.62. The van der Waals surface area contributed by atoms with E-state index in [1.165, 1.54) is 9.91 Å². The maximum absolute atomic E-state index is 14.8. The van der Waals surface area contributed by atoms with Gasteiger partial charge in [-0.05, 0) is 113 Å². The van der Waals surface area contributed by atoms with Crippen LogP contribution in [0.4, 0.5) is 0 Å². The molecule has 5 aliphatic rings. The van der Waals surface area contributed by atoms with Crippen molar-refractivity contribution in [3.05, 3.63) is 83.0 Å². The molecule has 17 heteroatoms. The van der Waals surface area contributed by atoms with Crippen LogP contribution in [0.25, 0.3) is 11.3 Å². The van der Waals surface area contributed by atoms with Crippen molar-refractivity contribution < 1.29 is 38.6 Å². The molecule has 70 heavy (non-hydrogen) atoms. The summed E-state index contributed by atoms with van der Waals surface area (Å²) in [5.41, 5.74) is 8.43. The molecule has 0 saturated carbocycles. The number of methoxy groups -OCH3 is 1. The minimum absolute atomic E-state index is 0.0174. The van der Waals surface area contributed by atoms with E-state index in [-0.39, 0.29) is 61.8 Å². The molecule has 6 bridgehead atoms. The second-order valence-corrected chi connectivity index (χ2v) is 20.5. The summed E-state index contributed by atoms with van der Waals surface area (Å²) in [5, 5.41) is 15.8. The molecule has 5 aliphatic heterocycles. The summed E-state index contributed by atoms with van der Waals surface area (Å²) in [7, 11) is 7.00. The minimum atomic E-state index is -1.18. The van der Waals surface area contributed by atoms with Crippen LogP contribution in [0.1, 0.15) is 89.6 Å². The van der Waals surface area contributed by atoms with Crippen molar-refractivity contribution in [1.82, 2.24) is 45.2 Å². The maximum atomic E-state index is 14.8. The number of likely N-dealkylation sites (tertiary alicyclic amines) is 1. The quantitative estimate of drug-likeness (QED) is 0.231. The first-order valence-corrected chi connectivity index (χ1v) is 24.5. The zero-order chi connectivity index (χ0) is 50.6. The molecule has 0 spiro atoms. The van der Waals surface area contributed by atoms with Crippen LogP contribution in [-0.4, -0.2) is 161 Å². The number of carbonyl (C=O) groups excluding carboxylic acids is 5. The van der Waals surface area contributed by atoms with Gasteiger partial charge in [0.05, 0.1) is 36.6 Å². The number of hydrogen-bond donors (Lipinski definition) is 3. The van der Waals surface area contributed by atoms with Gasteiger partial charge in [0.2, 0.25) is 11.8 Å². The lowest BCUT2D eigenvalue weighted by Crippen LogP contribution is -2.62. The number of amides is 4. The van der Waals surface area contributed by atoms with E-state index in [0.717, 1.165) is 28.2 Å². The van der Waals surface area contributed by atoms with Crippen LogP contribution in [0.15, 0.2) is 60.6 Å². The summed E-state index contributed by atoms with van der Waals surface area (Å²) >= 11 is 0. The minimum Gasteiger partial charge on any atom is -0.508 e. The number of ether oxygens (including phenoxy) is 2. The van der Waals surface area contributed by atoms with E-state index < -0.39 is 47.2 Å². The van der Waals surface area contributed by atoms with Gasteiger partial charge >= 0.3 is 5.97 Å².